The molecule has 148 valence electrons. The average Bonchev–Trinajstić information content (AvgIpc) is 3.10. The van der Waals surface area contributed by atoms with Gasteiger partial charge in [0.15, 0.2) is 0 Å². The summed E-state index contributed by atoms with van der Waals surface area (Å²) in [5.41, 5.74) is 0.860. The second kappa shape index (κ2) is 10.5. The molecule has 0 aliphatic heterocycles. The number of nitrogens with zero attached hydrogens (tertiary/aromatic N) is 2. The molecule has 2 rings (SSSR count). The van der Waals surface area contributed by atoms with Gasteiger partial charge in [-0.3, -0.25) is 4.79 Å². The van der Waals surface area contributed by atoms with Crippen molar-refractivity contribution in [1.82, 2.24) is 15.5 Å². The summed E-state index contributed by atoms with van der Waals surface area (Å²) in [4.78, 5) is 15.9. The molecule has 0 saturated heterocycles. The fourth-order valence-corrected chi connectivity index (χ4v) is 2.74. The van der Waals surface area contributed by atoms with Crippen LogP contribution in [0.15, 0.2) is 33.3 Å². The quantitative estimate of drug-likeness (QED) is 0.546. The molecule has 2 atom stereocenters. The van der Waals surface area contributed by atoms with Gasteiger partial charge in [0.25, 0.3) is 0 Å². The summed E-state index contributed by atoms with van der Waals surface area (Å²) in [7, 11) is 0. The first-order valence-corrected chi connectivity index (χ1v) is 9.86. The van der Waals surface area contributed by atoms with E-state index < -0.39 is 6.10 Å². The van der Waals surface area contributed by atoms with Gasteiger partial charge in [-0.15, -0.1) is 0 Å². The van der Waals surface area contributed by atoms with Crippen LogP contribution in [0.4, 0.5) is 0 Å². The van der Waals surface area contributed by atoms with E-state index in [1.807, 2.05) is 45.0 Å². The van der Waals surface area contributed by atoms with E-state index in [1.165, 1.54) is 0 Å². The van der Waals surface area contributed by atoms with E-state index in [9.17, 15) is 9.90 Å². The van der Waals surface area contributed by atoms with Gasteiger partial charge in [0.2, 0.25) is 11.7 Å². The van der Waals surface area contributed by atoms with Crippen molar-refractivity contribution in [1.29, 1.82) is 0 Å². The summed E-state index contributed by atoms with van der Waals surface area (Å²) < 4.78 is 11.4. The molecule has 0 saturated carbocycles. The summed E-state index contributed by atoms with van der Waals surface area (Å²) in [5, 5.41) is 17.3. The molecule has 1 aromatic heterocycles. The number of rotatable bonds is 10. The molecule has 0 spiro atoms. The highest BCUT2D eigenvalue weighted by atomic mass is 79.9. The third-order valence-corrected chi connectivity index (χ3v) is 4.47. The molecule has 2 aromatic rings. The topological polar surface area (TPSA) is 97.5 Å². The Bertz CT molecular complexity index is 718. The number of nitrogens with one attached hydrogen (secondary N) is 1. The Hall–Kier alpha value is -1.77. The Labute approximate surface area is 167 Å². The predicted octanol–water partition coefficient (Wildman–Crippen LogP) is 3.49. The summed E-state index contributed by atoms with van der Waals surface area (Å²) in [6, 6.07) is 7.43. The predicted molar refractivity (Wildman–Crippen MR) is 105 cm³/mol. The van der Waals surface area contributed by atoms with E-state index in [0.29, 0.717) is 18.1 Å². The van der Waals surface area contributed by atoms with Crippen LogP contribution in [-0.4, -0.2) is 40.5 Å². The Balaban J connectivity index is 1.95. The molecule has 0 aliphatic rings. The minimum absolute atomic E-state index is 0.0371. The number of carbonyl (C=O) groups is 1. The van der Waals surface area contributed by atoms with Crippen molar-refractivity contribution < 1.29 is 19.2 Å². The van der Waals surface area contributed by atoms with Crippen LogP contribution in [0.25, 0.3) is 11.4 Å². The van der Waals surface area contributed by atoms with Crippen molar-refractivity contribution in [2.45, 2.75) is 45.8 Å². The second-order valence-corrected chi connectivity index (χ2v) is 7.60. The van der Waals surface area contributed by atoms with Gasteiger partial charge in [-0.25, -0.2) is 0 Å². The van der Waals surface area contributed by atoms with Crippen LogP contribution in [0.2, 0.25) is 0 Å². The Morgan fingerprint density at radius 3 is 2.67 bits per heavy atom. The fraction of sp³-hybridized carbons (Fsp3) is 0.526. The maximum Gasteiger partial charge on any atom is 0.305 e. The van der Waals surface area contributed by atoms with E-state index in [-0.39, 0.29) is 31.1 Å². The molecular weight excluding hydrogens is 414 g/mol. The molecular formula is C19H26BrN3O4. The molecule has 7 nitrogen and oxygen atoms in total. The first-order chi connectivity index (χ1) is 12.9. The molecule has 0 amide bonds. The number of halogens is 1. The lowest BCUT2D eigenvalue weighted by Crippen LogP contribution is -2.35. The lowest BCUT2D eigenvalue weighted by atomic mass is 10.0. The van der Waals surface area contributed by atoms with Crippen LogP contribution in [0.1, 0.15) is 45.5 Å². The standard InChI is InChI=1S/C19H26BrN3O4/c1-4-5-16(25)26-11-15(24)10-21-17(12(2)3)19-22-18(23-27-19)13-6-8-14(20)9-7-13/h6-9,12,15,17,21,24H,4-5,10-11H2,1-3H3/t15-,17+/m0/s1. The zero-order valence-corrected chi connectivity index (χ0v) is 17.4. The Kier molecular flexibility index (Phi) is 8.40. The zero-order valence-electron chi connectivity index (χ0n) is 15.8. The molecule has 0 bridgehead atoms. The van der Waals surface area contributed by atoms with Crippen LogP contribution in [0.3, 0.4) is 0 Å². The number of aliphatic hydroxyl groups excluding tert-OH is 1. The molecule has 0 unspecified atom stereocenters. The third kappa shape index (κ3) is 6.71. The lowest BCUT2D eigenvalue weighted by molar-refractivity contribution is -0.146. The van der Waals surface area contributed by atoms with E-state index in [4.69, 9.17) is 9.26 Å². The maximum atomic E-state index is 11.4. The van der Waals surface area contributed by atoms with E-state index in [0.717, 1.165) is 16.5 Å². The van der Waals surface area contributed by atoms with Gasteiger partial charge < -0.3 is 19.7 Å². The van der Waals surface area contributed by atoms with Gasteiger partial charge in [-0.1, -0.05) is 41.9 Å². The first kappa shape index (κ1) is 21.5. The minimum Gasteiger partial charge on any atom is -0.463 e. The largest absolute Gasteiger partial charge is 0.463 e. The molecule has 0 aliphatic carbocycles. The van der Waals surface area contributed by atoms with Gasteiger partial charge >= 0.3 is 5.97 Å². The second-order valence-electron chi connectivity index (χ2n) is 6.68. The van der Waals surface area contributed by atoms with Crippen molar-refractivity contribution >= 4 is 21.9 Å². The van der Waals surface area contributed by atoms with Crippen molar-refractivity contribution in [3.05, 3.63) is 34.6 Å². The molecule has 1 aromatic carbocycles. The van der Waals surface area contributed by atoms with Crippen molar-refractivity contribution in [2.24, 2.45) is 5.92 Å². The lowest BCUT2D eigenvalue weighted by Gasteiger charge is -2.20. The highest BCUT2D eigenvalue weighted by molar-refractivity contribution is 9.10. The normalized spacial score (nSPS) is 13.6. The Morgan fingerprint density at radius 1 is 1.33 bits per heavy atom. The summed E-state index contributed by atoms with van der Waals surface area (Å²) in [6.45, 7) is 6.16. The van der Waals surface area contributed by atoms with Gasteiger partial charge in [-0.2, -0.15) is 4.98 Å². The van der Waals surface area contributed by atoms with Crippen molar-refractivity contribution in [3.63, 3.8) is 0 Å². The molecule has 2 N–H and O–H groups in total. The summed E-state index contributed by atoms with van der Waals surface area (Å²) in [6.07, 6.45) is 0.275. The van der Waals surface area contributed by atoms with E-state index in [2.05, 4.69) is 31.4 Å². The maximum absolute atomic E-state index is 11.4. The molecule has 0 radical (unpaired) electrons. The number of hydrogen-bond donors (Lipinski definition) is 2. The van der Waals surface area contributed by atoms with Gasteiger partial charge in [0, 0.05) is 23.0 Å². The summed E-state index contributed by atoms with van der Waals surface area (Å²) >= 11 is 3.40. The molecule has 0 fully saturated rings. The molecule has 8 heteroatoms. The van der Waals surface area contributed by atoms with Crippen molar-refractivity contribution in [2.75, 3.05) is 13.2 Å². The van der Waals surface area contributed by atoms with Crippen molar-refractivity contribution in [3.8, 4) is 11.4 Å². The van der Waals surface area contributed by atoms with Crippen LogP contribution < -0.4 is 5.32 Å². The smallest absolute Gasteiger partial charge is 0.305 e. The number of esters is 1. The third-order valence-electron chi connectivity index (χ3n) is 3.94. The van der Waals surface area contributed by atoms with Gasteiger partial charge in [0.05, 0.1) is 6.04 Å². The van der Waals surface area contributed by atoms with Crippen LogP contribution >= 0.6 is 15.9 Å². The van der Waals surface area contributed by atoms with Gasteiger partial charge in [-0.05, 0) is 36.6 Å². The number of aromatic nitrogens is 2. The molecule has 1 heterocycles. The highest BCUT2D eigenvalue weighted by Crippen LogP contribution is 2.24. The first-order valence-electron chi connectivity index (χ1n) is 9.07. The number of hydrogen-bond acceptors (Lipinski definition) is 7. The van der Waals surface area contributed by atoms with Gasteiger partial charge in [0.1, 0.15) is 12.7 Å². The Morgan fingerprint density at radius 2 is 2.04 bits per heavy atom. The van der Waals surface area contributed by atoms with Crippen LogP contribution in [-0.2, 0) is 9.53 Å². The van der Waals surface area contributed by atoms with Crippen LogP contribution in [0, 0.1) is 5.92 Å². The number of aliphatic hydroxyl groups is 1. The average molecular weight is 440 g/mol. The number of carbonyl (C=O) groups excluding carboxylic acids is 1. The minimum atomic E-state index is -0.805. The fourth-order valence-electron chi connectivity index (χ4n) is 2.47. The number of ether oxygens (including phenoxy) is 1. The zero-order chi connectivity index (χ0) is 19.8. The summed E-state index contributed by atoms with van der Waals surface area (Å²) in [5.74, 6) is 0.836. The number of benzene rings is 1. The monoisotopic (exact) mass is 439 g/mol. The molecule has 27 heavy (non-hydrogen) atoms. The van der Waals surface area contributed by atoms with E-state index in [1.54, 1.807) is 0 Å². The van der Waals surface area contributed by atoms with E-state index >= 15 is 0 Å². The SMILES string of the molecule is CCCC(=O)OC[C@@H](O)CN[C@@H](c1nc(-c2ccc(Br)cc2)no1)C(C)C. The van der Waals surface area contributed by atoms with Crippen LogP contribution in [0.5, 0.6) is 0 Å². The highest BCUT2D eigenvalue weighted by Gasteiger charge is 2.23.